The molecule has 0 fully saturated rings. The third kappa shape index (κ3) is 6.19. The molecule has 2 amide bonds. The minimum atomic E-state index is -3.37. The van der Waals surface area contributed by atoms with Crippen molar-refractivity contribution in [2.75, 3.05) is 12.9 Å². The molecule has 2 rings (SSSR count). The monoisotopic (exact) mass is 454 g/mol. The van der Waals surface area contributed by atoms with Gasteiger partial charge in [-0.15, -0.1) is 0 Å². The van der Waals surface area contributed by atoms with Gasteiger partial charge in [0, 0.05) is 16.3 Å². The number of amides is 2. The fourth-order valence-corrected chi connectivity index (χ4v) is 2.78. The molecular formula is C17H15BrN2O6S. The van der Waals surface area contributed by atoms with Gasteiger partial charge in [0.15, 0.2) is 16.4 Å². The zero-order chi connectivity index (χ0) is 20.0. The van der Waals surface area contributed by atoms with Crippen molar-refractivity contribution in [1.82, 2.24) is 10.9 Å². The first kappa shape index (κ1) is 20.6. The highest BCUT2D eigenvalue weighted by molar-refractivity contribution is 9.10. The highest BCUT2D eigenvalue weighted by atomic mass is 79.9. The van der Waals surface area contributed by atoms with Crippen molar-refractivity contribution in [2.24, 2.45) is 0 Å². The average Bonchev–Trinajstić information content (AvgIpc) is 2.64. The molecule has 0 saturated carbocycles. The smallest absolute Gasteiger partial charge is 0.338 e. The van der Waals surface area contributed by atoms with E-state index in [1.165, 1.54) is 24.3 Å². The predicted octanol–water partition coefficient (Wildman–Crippen LogP) is 1.47. The fraction of sp³-hybridized carbons (Fsp3) is 0.118. The molecule has 0 aliphatic rings. The van der Waals surface area contributed by atoms with Crippen molar-refractivity contribution in [3.63, 3.8) is 0 Å². The molecule has 0 saturated heterocycles. The van der Waals surface area contributed by atoms with Crippen LogP contribution in [0.5, 0.6) is 0 Å². The number of hydrazine groups is 1. The molecule has 8 nitrogen and oxygen atoms in total. The number of hydrogen-bond acceptors (Lipinski definition) is 6. The number of ether oxygens (including phenoxy) is 1. The predicted molar refractivity (Wildman–Crippen MR) is 99.6 cm³/mol. The van der Waals surface area contributed by atoms with Crippen molar-refractivity contribution in [1.29, 1.82) is 0 Å². The van der Waals surface area contributed by atoms with Crippen LogP contribution in [0.25, 0.3) is 0 Å². The van der Waals surface area contributed by atoms with Crippen molar-refractivity contribution in [3.05, 3.63) is 64.1 Å². The van der Waals surface area contributed by atoms with Gasteiger partial charge in [-0.05, 0) is 48.5 Å². The molecule has 2 N–H and O–H groups in total. The molecule has 0 radical (unpaired) electrons. The van der Waals surface area contributed by atoms with Crippen LogP contribution in [0.3, 0.4) is 0 Å². The van der Waals surface area contributed by atoms with E-state index in [1.807, 2.05) is 0 Å². The van der Waals surface area contributed by atoms with Gasteiger partial charge in [0.1, 0.15) is 0 Å². The maximum Gasteiger partial charge on any atom is 0.338 e. The van der Waals surface area contributed by atoms with Crippen LogP contribution in [-0.4, -0.2) is 39.1 Å². The van der Waals surface area contributed by atoms with E-state index >= 15 is 0 Å². The normalized spacial score (nSPS) is 10.7. The van der Waals surface area contributed by atoms with E-state index in [4.69, 9.17) is 4.74 Å². The summed E-state index contributed by atoms with van der Waals surface area (Å²) in [6.45, 7) is -0.618. The fourth-order valence-electron chi connectivity index (χ4n) is 1.89. The van der Waals surface area contributed by atoms with E-state index in [-0.39, 0.29) is 10.5 Å². The van der Waals surface area contributed by atoms with E-state index in [1.54, 1.807) is 24.3 Å². The van der Waals surface area contributed by atoms with Gasteiger partial charge in [-0.3, -0.25) is 20.4 Å². The summed E-state index contributed by atoms with van der Waals surface area (Å²) in [7, 11) is -3.37. The number of carbonyl (C=O) groups excluding carboxylic acids is 3. The molecule has 0 aliphatic heterocycles. The van der Waals surface area contributed by atoms with Crippen LogP contribution >= 0.6 is 15.9 Å². The Hall–Kier alpha value is -2.72. The van der Waals surface area contributed by atoms with Crippen LogP contribution in [0.15, 0.2) is 57.9 Å². The third-order valence-electron chi connectivity index (χ3n) is 3.27. The lowest BCUT2D eigenvalue weighted by Crippen LogP contribution is -2.43. The first-order valence-electron chi connectivity index (χ1n) is 7.49. The lowest BCUT2D eigenvalue weighted by molar-refractivity contribution is -0.125. The number of esters is 1. The first-order valence-corrected chi connectivity index (χ1v) is 10.2. The van der Waals surface area contributed by atoms with Crippen molar-refractivity contribution in [3.8, 4) is 0 Å². The van der Waals surface area contributed by atoms with Crippen LogP contribution < -0.4 is 10.9 Å². The number of sulfone groups is 1. The molecule has 0 atom stereocenters. The van der Waals surface area contributed by atoms with Crippen molar-refractivity contribution < 1.29 is 27.5 Å². The van der Waals surface area contributed by atoms with Gasteiger partial charge >= 0.3 is 5.97 Å². The summed E-state index contributed by atoms with van der Waals surface area (Å²) < 4.78 is 28.4. The van der Waals surface area contributed by atoms with E-state index < -0.39 is 34.2 Å². The number of hydrogen-bond donors (Lipinski definition) is 2. The summed E-state index contributed by atoms with van der Waals surface area (Å²) in [5.41, 5.74) is 4.75. The summed E-state index contributed by atoms with van der Waals surface area (Å²) >= 11 is 3.24. The number of carbonyl (C=O) groups is 3. The highest BCUT2D eigenvalue weighted by Crippen LogP contribution is 2.11. The maximum atomic E-state index is 11.9. The molecular weight excluding hydrogens is 440 g/mol. The molecule has 0 heterocycles. The van der Waals surface area contributed by atoms with Gasteiger partial charge in [0.05, 0.1) is 10.5 Å². The maximum absolute atomic E-state index is 11.9. The Kier molecular flexibility index (Phi) is 6.70. The largest absolute Gasteiger partial charge is 0.452 e. The van der Waals surface area contributed by atoms with Crippen LogP contribution in [0.2, 0.25) is 0 Å². The molecule has 0 bridgehead atoms. The van der Waals surface area contributed by atoms with E-state index in [0.717, 1.165) is 10.7 Å². The molecule has 10 heteroatoms. The average molecular weight is 455 g/mol. The van der Waals surface area contributed by atoms with Crippen molar-refractivity contribution >= 4 is 43.6 Å². The number of benzene rings is 2. The molecule has 27 heavy (non-hydrogen) atoms. The second kappa shape index (κ2) is 8.78. The lowest BCUT2D eigenvalue weighted by Gasteiger charge is -2.08. The molecule has 142 valence electrons. The van der Waals surface area contributed by atoms with Crippen LogP contribution in [0.1, 0.15) is 20.7 Å². The van der Waals surface area contributed by atoms with Gasteiger partial charge in [0.2, 0.25) is 0 Å². The van der Waals surface area contributed by atoms with E-state index in [9.17, 15) is 22.8 Å². The Labute approximate surface area is 163 Å². The molecule has 2 aromatic rings. The van der Waals surface area contributed by atoms with Gasteiger partial charge in [-0.1, -0.05) is 15.9 Å². The molecule has 0 unspecified atom stereocenters. The summed E-state index contributed by atoms with van der Waals surface area (Å²) in [5, 5.41) is 0. The zero-order valence-electron chi connectivity index (χ0n) is 14.1. The second-order valence-electron chi connectivity index (χ2n) is 5.38. The number of rotatable bonds is 5. The highest BCUT2D eigenvalue weighted by Gasteiger charge is 2.13. The quantitative estimate of drug-likeness (QED) is 0.521. The summed E-state index contributed by atoms with van der Waals surface area (Å²) in [5.74, 6) is -2.07. The Morgan fingerprint density at radius 2 is 1.48 bits per heavy atom. The van der Waals surface area contributed by atoms with Crippen LogP contribution in [-0.2, 0) is 19.4 Å². The minimum absolute atomic E-state index is 0.0625. The topological polar surface area (TPSA) is 119 Å². The number of halogens is 1. The minimum Gasteiger partial charge on any atom is -0.452 e. The van der Waals surface area contributed by atoms with E-state index in [0.29, 0.717) is 5.56 Å². The van der Waals surface area contributed by atoms with Crippen molar-refractivity contribution in [2.45, 2.75) is 4.90 Å². The molecule has 0 aromatic heterocycles. The molecule has 0 aliphatic carbocycles. The standard InChI is InChI=1S/C17H15BrN2O6S/c1-27(24,25)14-8-4-12(5-9-14)17(23)26-10-15(21)19-20-16(22)11-2-6-13(18)7-3-11/h2-9H,10H2,1H3,(H,19,21)(H,20,22). The van der Waals surface area contributed by atoms with Crippen LogP contribution in [0.4, 0.5) is 0 Å². The van der Waals surface area contributed by atoms with Gasteiger partial charge in [0.25, 0.3) is 11.8 Å². The van der Waals surface area contributed by atoms with Gasteiger partial charge in [-0.2, -0.15) is 0 Å². The summed E-state index contributed by atoms with van der Waals surface area (Å²) in [6, 6.07) is 11.6. The van der Waals surface area contributed by atoms with Gasteiger partial charge < -0.3 is 4.74 Å². The Morgan fingerprint density at radius 3 is 2.04 bits per heavy atom. The van der Waals surface area contributed by atoms with Crippen LogP contribution in [0, 0.1) is 0 Å². The van der Waals surface area contributed by atoms with Gasteiger partial charge in [-0.25, -0.2) is 13.2 Å². The first-order chi connectivity index (χ1) is 12.7. The SMILES string of the molecule is CS(=O)(=O)c1ccc(C(=O)OCC(=O)NNC(=O)c2ccc(Br)cc2)cc1. The molecule has 2 aromatic carbocycles. The third-order valence-corrected chi connectivity index (χ3v) is 4.93. The Balaban J connectivity index is 1.81. The Bertz CT molecular complexity index is 956. The molecule has 0 spiro atoms. The zero-order valence-corrected chi connectivity index (χ0v) is 16.5. The second-order valence-corrected chi connectivity index (χ2v) is 8.31. The summed E-state index contributed by atoms with van der Waals surface area (Å²) in [4.78, 5) is 35.4. The Morgan fingerprint density at radius 1 is 0.926 bits per heavy atom. The number of nitrogens with one attached hydrogen (secondary N) is 2. The lowest BCUT2D eigenvalue weighted by atomic mass is 10.2. The van der Waals surface area contributed by atoms with E-state index in [2.05, 4.69) is 26.8 Å². The summed E-state index contributed by atoms with van der Waals surface area (Å²) in [6.07, 6.45) is 1.05.